The summed E-state index contributed by atoms with van der Waals surface area (Å²) in [6.45, 7) is 5.42. The molecule has 3 N–H and O–H groups in total. The average Bonchev–Trinajstić information content (AvgIpc) is 2.26. The molecule has 0 amide bonds. The van der Waals surface area contributed by atoms with Crippen LogP contribution in [0.2, 0.25) is 0 Å². The lowest BCUT2D eigenvalue weighted by atomic mass is 9.85. The average molecular weight is 206 g/mol. The molecule has 0 heterocycles. The number of hydrogen-bond acceptors (Lipinski definition) is 2. The largest absolute Gasteiger partial charge is 0.324 e. The van der Waals surface area contributed by atoms with Gasteiger partial charge in [0.1, 0.15) is 0 Å². The van der Waals surface area contributed by atoms with E-state index in [0.717, 1.165) is 6.54 Å². The maximum atomic E-state index is 6.29. The number of rotatable bonds is 5. The molecule has 1 aromatic carbocycles. The van der Waals surface area contributed by atoms with Crippen LogP contribution in [0.1, 0.15) is 25.5 Å². The van der Waals surface area contributed by atoms with E-state index < -0.39 is 0 Å². The van der Waals surface area contributed by atoms with Crippen LogP contribution < -0.4 is 11.1 Å². The van der Waals surface area contributed by atoms with Crippen molar-refractivity contribution in [3.63, 3.8) is 0 Å². The minimum atomic E-state index is 0.124. The Morgan fingerprint density at radius 3 is 2.27 bits per heavy atom. The number of nitrogens with two attached hydrogens (primary N) is 1. The van der Waals surface area contributed by atoms with E-state index in [9.17, 15) is 0 Å². The maximum absolute atomic E-state index is 6.29. The first-order valence-corrected chi connectivity index (χ1v) is 5.62. The second-order valence-electron chi connectivity index (χ2n) is 4.40. The minimum absolute atomic E-state index is 0.124. The summed E-state index contributed by atoms with van der Waals surface area (Å²) in [6, 6.07) is 10.5. The molecule has 84 valence electrons. The van der Waals surface area contributed by atoms with Crippen molar-refractivity contribution in [2.24, 2.45) is 17.6 Å². The van der Waals surface area contributed by atoms with E-state index in [1.807, 2.05) is 25.2 Å². The molecule has 15 heavy (non-hydrogen) atoms. The summed E-state index contributed by atoms with van der Waals surface area (Å²) in [5.74, 6) is 1.07. The van der Waals surface area contributed by atoms with Crippen molar-refractivity contribution in [3.8, 4) is 0 Å². The number of hydrogen-bond donors (Lipinski definition) is 2. The van der Waals surface area contributed by atoms with Gasteiger partial charge in [-0.05, 0) is 31.0 Å². The van der Waals surface area contributed by atoms with E-state index in [-0.39, 0.29) is 6.04 Å². The zero-order chi connectivity index (χ0) is 11.3. The molecule has 0 aliphatic carbocycles. The first kappa shape index (κ1) is 12.2. The molecular formula is C13H22N2. The molecule has 0 saturated heterocycles. The topological polar surface area (TPSA) is 38.0 Å². The molecule has 1 aromatic rings. The molecule has 2 nitrogen and oxygen atoms in total. The fourth-order valence-electron chi connectivity index (χ4n) is 1.94. The molecule has 0 saturated carbocycles. The Morgan fingerprint density at radius 2 is 1.80 bits per heavy atom. The monoisotopic (exact) mass is 206 g/mol. The van der Waals surface area contributed by atoms with Crippen LogP contribution in [0.15, 0.2) is 30.3 Å². The normalized spacial score (nSPS) is 15.3. The third-order valence-electron chi connectivity index (χ3n) is 2.94. The first-order chi connectivity index (χ1) is 7.16. The van der Waals surface area contributed by atoms with Crippen LogP contribution in [0, 0.1) is 11.8 Å². The summed E-state index contributed by atoms with van der Waals surface area (Å²) < 4.78 is 0. The smallest absolute Gasteiger partial charge is 0.0338 e. The quantitative estimate of drug-likeness (QED) is 0.775. The van der Waals surface area contributed by atoms with Gasteiger partial charge in [-0.1, -0.05) is 44.2 Å². The van der Waals surface area contributed by atoms with Gasteiger partial charge in [-0.2, -0.15) is 0 Å². The van der Waals surface area contributed by atoms with Crippen LogP contribution in [-0.4, -0.2) is 13.6 Å². The van der Waals surface area contributed by atoms with Gasteiger partial charge in [-0.25, -0.2) is 0 Å². The lowest BCUT2D eigenvalue weighted by molar-refractivity contribution is 0.314. The Kier molecular flexibility index (Phi) is 4.79. The van der Waals surface area contributed by atoms with Gasteiger partial charge < -0.3 is 11.1 Å². The van der Waals surface area contributed by atoms with Crippen LogP contribution in [0.25, 0.3) is 0 Å². The SMILES string of the molecule is CNCC(C(C)C)C(N)c1ccccc1. The summed E-state index contributed by atoms with van der Waals surface area (Å²) in [5, 5.41) is 3.22. The Balaban J connectivity index is 2.76. The molecule has 0 bridgehead atoms. The van der Waals surface area contributed by atoms with Gasteiger partial charge in [0.2, 0.25) is 0 Å². The van der Waals surface area contributed by atoms with Crippen molar-refractivity contribution in [2.45, 2.75) is 19.9 Å². The highest BCUT2D eigenvalue weighted by molar-refractivity contribution is 5.19. The molecule has 2 unspecified atom stereocenters. The van der Waals surface area contributed by atoms with E-state index >= 15 is 0 Å². The van der Waals surface area contributed by atoms with Gasteiger partial charge in [0.05, 0.1) is 0 Å². The van der Waals surface area contributed by atoms with Crippen molar-refractivity contribution in [1.82, 2.24) is 5.32 Å². The zero-order valence-electron chi connectivity index (χ0n) is 9.90. The fourth-order valence-corrected chi connectivity index (χ4v) is 1.94. The van der Waals surface area contributed by atoms with Gasteiger partial charge in [-0.15, -0.1) is 0 Å². The minimum Gasteiger partial charge on any atom is -0.324 e. The molecule has 2 atom stereocenters. The van der Waals surface area contributed by atoms with Crippen LogP contribution >= 0.6 is 0 Å². The summed E-state index contributed by atoms with van der Waals surface area (Å²) in [6.07, 6.45) is 0. The van der Waals surface area contributed by atoms with Crippen LogP contribution in [0.5, 0.6) is 0 Å². The molecule has 1 rings (SSSR count). The molecular weight excluding hydrogens is 184 g/mol. The molecule has 0 aromatic heterocycles. The third-order valence-corrected chi connectivity index (χ3v) is 2.94. The van der Waals surface area contributed by atoms with E-state index in [1.165, 1.54) is 5.56 Å². The molecule has 0 aliphatic heterocycles. The standard InChI is InChI=1S/C13H22N2/c1-10(2)12(9-15-3)13(14)11-7-5-4-6-8-11/h4-8,10,12-13,15H,9,14H2,1-3H3. The van der Waals surface area contributed by atoms with Gasteiger partial charge >= 0.3 is 0 Å². The molecule has 0 radical (unpaired) electrons. The summed E-state index contributed by atoms with van der Waals surface area (Å²) in [7, 11) is 1.98. The fraction of sp³-hybridized carbons (Fsp3) is 0.538. The molecule has 0 spiro atoms. The number of benzene rings is 1. The summed E-state index contributed by atoms with van der Waals surface area (Å²) in [5.41, 5.74) is 7.51. The van der Waals surface area contributed by atoms with Gasteiger partial charge in [-0.3, -0.25) is 0 Å². The highest BCUT2D eigenvalue weighted by atomic mass is 14.8. The van der Waals surface area contributed by atoms with E-state index in [0.29, 0.717) is 11.8 Å². The van der Waals surface area contributed by atoms with Crippen LogP contribution in [0.4, 0.5) is 0 Å². The zero-order valence-corrected chi connectivity index (χ0v) is 9.90. The van der Waals surface area contributed by atoms with Gasteiger partial charge in [0.15, 0.2) is 0 Å². The van der Waals surface area contributed by atoms with Crippen LogP contribution in [0.3, 0.4) is 0 Å². The summed E-state index contributed by atoms with van der Waals surface area (Å²) in [4.78, 5) is 0. The predicted octanol–water partition coefficient (Wildman–Crippen LogP) is 2.18. The number of nitrogens with one attached hydrogen (secondary N) is 1. The predicted molar refractivity (Wildman–Crippen MR) is 65.6 cm³/mol. The van der Waals surface area contributed by atoms with E-state index in [2.05, 4.69) is 31.3 Å². The lowest BCUT2D eigenvalue weighted by Gasteiger charge is -2.27. The molecule has 2 heteroatoms. The van der Waals surface area contributed by atoms with Gasteiger partial charge in [0, 0.05) is 6.04 Å². The van der Waals surface area contributed by atoms with Crippen molar-refractivity contribution in [2.75, 3.05) is 13.6 Å². The van der Waals surface area contributed by atoms with Crippen molar-refractivity contribution >= 4 is 0 Å². The first-order valence-electron chi connectivity index (χ1n) is 5.62. The van der Waals surface area contributed by atoms with Crippen molar-refractivity contribution < 1.29 is 0 Å². The highest BCUT2D eigenvalue weighted by Gasteiger charge is 2.21. The van der Waals surface area contributed by atoms with Crippen LogP contribution in [-0.2, 0) is 0 Å². The maximum Gasteiger partial charge on any atom is 0.0338 e. The highest BCUT2D eigenvalue weighted by Crippen LogP contribution is 2.25. The second-order valence-corrected chi connectivity index (χ2v) is 4.40. The molecule has 0 aliphatic rings. The lowest BCUT2D eigenvalue weighted by Crippen LogP contribution is -2.33. The Morgan fingerprint density at radius 1 is 1.20 bits per heavy atom. The Hall–Kier alpha value is -0.860. The molecule has 0 fully saturated rings. The second kappa shape index (κ2) is 5.89. The van der Waals surface area contributed by atoms with Crippen molar-refractivity contribution in [3.05, 3.63) is 35.9 Å². The third kappa shape index (κ3) is 3.33. The van der Waals surface area contributed by atoms with Gasteiger partial charge in [0.25, 0.3) is 0 Å². The van der Waals surface area contributed by atoms with Crippen molar-refractivity contribution in [1.29, 1.82) is 0 Å². The van der Waals surface area contributed by atoms with E-state index in [4.69, 9.17) is 5.73 Å². The Bertz CT molecular complexity index is 269. The van der Waals surface area contributed by atoms with E-state index in [1.54, 1.807) is 0 Å². The summed E-state index contributed by atoms with van der Waals surface area (Å²) >= 11 is 0. The Labute approximate surface area is 92.9 Å².